The fourth-order valence-corrected chi connectivity index (χ4v) is 4.47. The molecule has 0 saturated heterocycles. The van der Waals surface area contributed by atoms with Gasteiger partial charge in [0.2, 0.25) is 5.95 Å². The fourth-order valence-electron chi connectivity index (χ4n) is 3.17. The summed E-state index contributed by atoms with van der Waals surface area (Å²) >= 11 is 0. The van der Waals surface area contributed by atoms with E-state index in [4.69, 9.17) is 19.3 Å². The number of hydrogen-bond donors (Lipinski definition) is 3. The van der Waals surface area contributed by atoms with E-state index in [0.29, 0.717) is 30.1 Å². The van der Waals surface area contributed by atoms with Crippen molar-refractivity contribution in [3.05, 3.63) is 77.3 Å². The highest BCUT2D eigenvalue weighted by Crippen LogP contribution is 2.49. The van der Waals surface area contributed by atoms with Gasteiger partial charge in [-0.25, -0.2) is 9.55 Å². The molecular formula is C22H24N5O6P. The molecule has 0 aliphatic carbocycles. The number of nitrogen functional groups attached to an aromatic ring is 1. The summed E-state index contributed by atoms with van der Waals surface area (Å²) in [6, 6.07) is 17.1. The number of phosphoric ester groups is 1. The van der Waals surface area contributed by atoms with Gasteiger partial charge in [0.25, 0.3) is 5.56 Å². The molecule has 0 spiro atoms. The van der Waals surface area contributed by atoms with E-state index in [1.54, 1.807) is 65.2 Å². The van der Waals surface area contributed by atoms with Crippen LogP contribution in [0.3, 0.4) is 0 Å². The zero-order valence-corrected chi connectivity index (χ0v) is 19.0. The topological polar surface area (TPSA) is 155 Å². The van der Waals surface area contributed by atoms with Gasteiger partial charge in [-0.3, -0.25) is 14.3 Å². The van der Waals surface area contributed by atoms with E-state index in [-0.39, 0.29) is 24.7 Å². The van der Waals surface area contributed by atoms with Crippen molar-refractivity contribution >= 4 is 24.9 Å². The second kappa shape index (κ2) is 10.5. The number of H-pyrrole nitrogens is 1. The normalized spacial score (nSPS) is 12.5. The van der Waals surface area contributed by atoms with Crippen LogP contribution in [0.1, 0.15) is 6.42 Å². The van der Waals surface area contributed by atoms with E-state index >= 15 is 0 Å². The summed E-state index contributed by atoms with van der Waals surface area (Å²) in [5, 5.41) is 9.87. The molecule has 34 heavy (non-hydrogen) atoms. The van der Waals surface area contributed by atoms with Gasteiger partial charge in [0.15, 0.2) is 11.2 Å². The SMILES string of the molecule is Nc1nc2c(ncn2CC[C@H](CO)COP(=O)(Oc2ccccc2)Oc2ccccc2)c(=O)[nH]1. The maximum Gasteiger partial charge on any atom is 0.587 e. The first-order valence-corrected chi connectivity index (χ1v) is 12.0. The Balaban J connectivity index is 1.45. The van der Waals surface area contributed by atoms with E-state index < -0.39 is 19.3 Å². The lowest BCUT2D eigenvalue weighted by Crippen LogP contribution is -2.18. The molecular weight excluding hydrogens is 461 g/mol. The van der Waals surface area contributed by atoms with Crippen molar-refractivity contribution in [2.75, 3.05) is 18.9 Å². The summed E-state index contributed by atoms with van der Waals surface area (Å²) < 4.78 is 31.9. The van der Waals surface area contributed by atoms with Crippen LogP contribution in [0.2, 0.25) is 0 Å². The minimum absolute atomic E-state index is 0.0154. The number of anilines is 1. The number of aromatic nitrogens is 4. The number of aliphatic hydroxyl groups is 1. The van der Waals surface area contributed by atoms with E-state index in [1.807, 2.05) is 0 Å². The quantitative estimate of drug-likeness (QED) is 0.272. The van der Waals surface area contributed by atoms with Crippen molar-refractivity contribution in [1.82, 2.24) is 19.5 Å². The molecule has 0 radical (unpaired) electrons. The van der Waals surface area contributed by atoms with Crippen LogP contribution >= 0.6 is 7.82 Å². The number of rotatable bonds is 11. The van der Waals surface area contributed by atoms with Crippen molar-refractivity contribution < 1.29 is 23.2 Å². The Labute approximate surface area is 194 Å². The lowest BCUT2D eigenvalue weighted by molar-refractivity contribution is 0.127. The summed E-state index contributed by atoms with van der Waals surface area (Å²) in [6.45, 7) is 0.0278. The van der Waals surface area contributed by atoms with Crippen LogP contribution in [-0.4, -0.2) is 37.8 Å². The molecule has 2 heterocycles. The number of fused-ring (bicyclic) bond motifs is 1. The monoisotopic (exact) mass is 485 g/mol. The second-order valence-electron chi connectivity index (χ2n) is 7.45. The Morgan fingerprint density at radius 3 is 2.26 bits per heavy atom. The number of nitrogens with zero attached hydrogens (tertiary/aromatic N) is 3. The number of para-hydroxylation sites is 2. The maximum absolute atomic E-state index is 13.4. The summed E-state index contributed by atoms with van der Waals surface area (Å²) in [7, 11) is -4.07. The number of aliphatic hydroxyl groups excluding tert-OH is 1. The van der Waals surface area contributed by atoms with Gasteiger partial charge in [-0.1, -0.05) is 36.4 Å². The average Bonchev–Trinajstić information content (AvgIpc) is 3.23. The van der Waals surface area contributed by atoms with Gasteiger partial charge in [0, 0.05) is 19.1 Å². The number of nitrogens with two attached hydrogens (primary N) is 1. The molecule has 178 valence electrons. The number of nitrogens with one attached hydrogen (secondary N) is 1. The zero-order chi connectivity index (χ0) is 24.0. The van der Waals surface area contributed by atoms with Crippen LogP contribution in [-0.2, 0) is 15.6 Å². The molecule has 4 N–H and O–H groups in total. The molecule has 0 saturated carbocycles. The molecule has 0 unspecified atom stereocenters. The highest BCUT2D eigenvalue weighted by Gasteiger charge is 2.32. The first kappa shape index (κ1) is 23.5. The van der Waals surface area contributed by atoms with Crippen LogP contribution in [0.4, 0.5) is 5.95 Å². The molecule has 2 aromatic carbocycles. The third kappa shape index (κ3) is 5.82. The molecule has 0 bridgehead atoms. The highest BCUT2D eigenvalue weighted by atomic mass is 31.2. The summed E-state index contributed by atoms with van der Waals surface area (Å²) in [4.78, 5) is 22.5. The van der Waals surface area contributed by atoms with Gasteiger partial charge >= 0.3 is 7.82 Å². The summed E-state index contributed by atoms with van der Waals surface area (Å²) in [6.07, 6.45) is 1.89. The predicted molar refractivity (Wildman–Crippen MR) is 125 cm³/mol. The number of phosphoric acid groups is 1. The molecule has 0 fully saturated rings. The van der Waals surface area contributed by atoms with Crippen molar-refractivity contribution in [2.24, 2.45) is 5.92 Å². The van der Waals surface area contributed by atoms with Gasteiger partial charge in [-0.05, 0) is 30.7 Å². The van der Waals surface area contributed by atoms with E-state index in [2.05, 4.69) is 15.0 Å². The molecule has 0 amide bonds. The minimum atomic E-state index is -4.07. The standard InChI is InChI=1S/C22H24N5O6P/c23-22-25-20-19(21(29)26-22)24-15-27(20)12-11-16(13-28)14-31-34(30,32-17-7-3-1-4-8-17)33-18-9-5-2-6-10-18/h1-10,15-16,28H,11-14H2,(H3,23,25,26,29)/t16-/m1/s1. The third-order valence-corrected chi connectivity index (χ3v) is 6.25. The Morgan fingerprint density at radius 1 is 1.06 bits per heavy atom. The molecule has 0 aliphatic rings. The molecule has 11 nitrogen and oxygen atoms in total. The number of benzene rings is 2. The highest BCUT2D eigenvalue weighted by molar-refractivity contribution is 7.49. The van der Waals surface area contributed by atoms with Crippen LogP contribution in [0.15, 0.2) is 71.8 Å². The number of imidazole rings is 1. The molecule has 12 heteroatoms. The summed E-state index contributed by atoms with van der Waals surface area (Å²) in [5.74, 6) is 0.212. The van der Waals surface area contributed by atoms with Crippen LogP contribution in [0.25, 0.3) is 11.2 Å². The van der Waals surface area contributed by atoms with Gasteiger partial charge in [0.05, 0.1) is 12.9 Å². The molecule has 1 atom stereocenters. The van der Waals surface area contributed by atoms with Crippen molar-refractivity contribution in [3.8, 4) is 11.5 Å². The fraction of sp³-hybridized carbons (Fsp3) is 0.227. The number of aryl methyl sites for hydroxylation is 1. The van der Waals surface area contributed by atoms with Crippen molar-refractivity contribution in [3.63, 3.8) is 0 Å². The van der Waals surface area contributed by atoms with E-state index in [0.717, 1.165) is 0 Å². The van der Waals surface area contributed by atoms with Crippen LogP contribution in [0.5, 0.6) is 11.5 Å². The Hall–Kier alpha value is -3.66. The number of hydrogen-bond acceptors (Lipinski definition) is 9. The summed E-state index contributed by atoms with van der Waals surface area (Å²) in [5.41, 5.74) is 5.71. The third-order valence-electron chi connectivity index (χ3n) is 4.92. The Bertz CT molecular complexity index is 1280. The largest absolute Gasteiger partial charge is 0.587 e. The Morgan fingerprint density at radius 2 is 1.68 bits per heavy atom. The molecule has 4 rings (SSSR count). The Kier molecular flexibility index (Phi) is 7.27. The minimum Gasteiger partial charge on any atom is -0.396 e. The lowest BCUT2D eigenvalue weighted by atomic mass is 10.1. The molecule has 0 aliphatic heterocycles. The van der Waals surface area contributed by atoms with Crippen LogP contribution in [0, 0.1) is 5.92 Å². The van der Waals surface area contributed by atoms with Gasteiger partial charge < -0.3 is 24.5 Å². The maximum atomic E-state index is 13.4. The van der Waals surface area contributed by atoms with Gasteiger partial charge in [-0.2, -0.15) is 4.98 Å². The zero-order valence-electron chi connectivity index (χ0n) is 18.1. The predicted octanol–water partition coefficient (Wildman–Crippen LogP) is 2.98. The first-order valence-electron chi connectivity index (χ1n) is 10.5. The van der Waals surface area contributed by atoms with Crippen molar-refractivity contribution in [2.45, 2.75) is 13.0 Å². The van der Waals surface area contributed by atoms with Gasteiger partial charge in [-0.15, -0.1) is 0 Å². The number of aromatic amines is 1. The lowest BCUT2D eigenvalue weighted by Gasteiger charge is -2.21. The smallest absolute Gasteiger partial charge is 0.396 e. The first-order chi connectivity index (χ1) is 16.5. The van der Waals surface area contributed by atoms with Crippen molar-refractivity contribution in [1.29, 1.82) is 0 Å². The average molecular weight is 485 g/mol. The van der Waals surface area contributed by atoms with Crippen LogP contribution < -0.4 is 20.3 Å². The van der Waals surface area contributed by atoms with E-state index in [1.165, 1.54) is 6.33 Å². The second-order valence-corrected chi connectivity index (χ2v) is 8.97. The van der Waals surface area contributed by atoms with Gasteiger partial charge in [0.1, 0.15) is 11.5 Å². The van der Waals surface area contributed by atoms with E-state index in [9.17, 15) is 14.5 Å². The molecule has 4 aromatic rings. The molecule has 2 aromatic heterocycles.